The molecule has 4 N–H and O–H groups in total. The standard InChI is InChI=1S/C17H17BrN2.ClH/c1-11-14(10-16(19)12-5-3-2-4-6-12)15-9-13(18)7-8-17(15)20-11;/h2-9,16,20H,10,19H2,1H3;1H. The van der Waals surface area contributed by atoms with Crippen molar-refractivity contribution in [2.75, 3.05) is 0 Å². The largest absolute Gasteiger partial charge is 1.00 e. The first-order chi connectivity index (χ1) is 9.65. The molecule has 0 radical (unpaired) electrons. The zero-order valence-corrected chi connectivity index (χ0v) is 14.2. The smallest absolute Gasteiger partial charge is 0.114 e. The fraction of sp³-hybridized carbons (Fsp3) is 0.176. The van der Waals surface area contributed by atoms with Crippen molar-refractivity contribution < 1.29 is 18.1 Å². The molecule has 0 aliphatic carbocycles. The lowest BCUT2D eigenvalue weighted by Gasteiger charge is -2.09. The maximum Gasteiger partial charge on any atom is 0.114 e. The number of hydrogen-bond acceptors (Lipinski definition) is 0. The van der Waals surface area contributed by atoms with Gasteiger partial charge in [-0.2, -0.15) is 0 Å². The molecule has 1 atom stereocenters. The number of rotatable bonds is 3. The summed E-state index contributed by atoms with van der Waals surface area (Å²) < 4.78 is 1.12. The number of H-pyrrole nitrogens is 1. The maximum absolute atomic E-state index is 4.33. The van der Waals surface area contributed by atoms with Crippen molar-refractivity contribution in [1.29, 1.82) is 0 Å². The van der Waals surface area contributed by atoms with Crippen LogP contribution in [0.3, 0.4) is 0 Å². The summed E-state index contributed by atoms with van der Waals surface area (Å²) in [6, 6.07) is 17.1. The monoisotopic (exact) mass is 364 g/mol. The zero-order chi connectivity index (χ0) is 14.1. The maximum atomic E-state index is 4.33. The third-order valence-corrected chi connectivity index (χ3v) is 4.30. The Hall–Kier alpha value is -1.29. The van der Waals surface area contributed by atoms with Gasteiger partial charge in [-0.1, -0.05) is 46.3 Å². The van der Waals surface area contributed by atoms with Crippen LogP contribution in [0.15, 0.2) is 53.0 Å². The van der Waals surface area contributed by atoms with Gasteiger partial charge in [0.25, 0.3) is 0 Å². The second kappa shape index (κ2) is 6.65. The molecule has 2 aromatic carbocycles. The number of quaternary nitrogens is 1. The highest BCUT2D eigenvalue weighted by Crippen LogP contribution is 2.28. The Labute approximate surface area is 139 Å². The lowest BCUT2D eigenvalue weighted by atomic mass is 9.98. The number of fused-ring (bicyclic) bond motifs is 1. The predicted octanol–water partition coefficient (Wildman–Crippen LogP) is 0.769. The van der Waals surface area contributed by atoms with E-state index in [4.69, 9.17) is 0 Å². The van der Waals surface area contributed by atoms with Crippen LogP contribution < -0.4 is 18.1 Å². The van der Waals surface area contributed by atoms with E-state index in [0.717, 1.165) is 10.9 Å². The van der Waals surface area contributed by atoms with Gasteiger partial charge < -0.3 is 23.1 Å². The fourth-order valence-corrected chi connectivity index (χ4v) is 3.07. The van der Waals surface area contributed by atoms with E-state index in [0.29, 0.717) is 0 Å². The van der Waals surface area contributed by atoms with Crippen molar-refractivity contribution in [3.8, 4) is 0 Å². The molecule has 2 nitrogen and oxygen atoms in total. The highest BCUT2D eigenvalue weighted by Gasteiger charge is 2.16. The first kappa shape index (κ1) is 16.1. The molecule has 0 fully saturated rings. The number of benzene rings is 2. The van der Waals surface area contributed by atoms with Crippen LogP contribution in [0.2, 0.25) is 0 Å². The van der Waals surface area contributed by atoms with Gasteiger partial charge in [0, 0.05) is 33.1 Å². The highest BCUT2D eigenvalue weighted by molar-refractivity contribution is 9.10. The molecule has 0 spiro atoms. The number of aromatic amines is 1. The van der Waals surface area contributed by atoms with E-state index in [1.54, 1.807) is 0 Å². The zero-order valence-electron chi connectivity index (χ0n) is 11.9. The summed E-state index contributed by atoms with van der Waals surface area (Å²) in [5.41, 5.74) is 9.42. The molecule has 4 heteroatoms. The molecule has 0 aliphatic heterocycles. The first-order valence-electron chi connectivity index (χ1n) is 6.80. The van der Waals surface area contributed by atoms with Crippen LogP contribution in [0.25, 0.3) is 10.9 Å². The van der Waals surface area contributed by atoms with Crippen molar-refractivity contribution in [1.82, 2.24) is 4.98 Å². The summed E-state index contributed by atoms with van der Waals surface area (Å²) in [6.45, 7) is 2.14. The Balaban J connectivity index is 0.00000161. The van der Waals surface area contributed by atoms with Gasteiger partial charge >= 0.3 is 0 Å². The quantitative estimate of drug-likeness (QED) is 0.689. The lowest BCUT2D eigenvalue weighted by molar-refractivity contribution is -0.426. The minimum Gasteiger partial charge on any atom is -1.00 e. The summed E-state index contributed by atoms with van der Waals surface area (Å²) in [5, 5.41) is 1.29. The summed E-state index contributed by atoms with van der Waals surface area (Å²) in [5.74, 6) is 0. The molecule has 3 aromatic rings. The average molecular weight is 366 g/mol. The molecule has 0 amide bonds. The molecular weight excluding hydrogens is 348 g/mol. The molecule has 0 saturated heterocycles. The number of aromatic nitrogens is 1. The van der Waals surface area contributed by atoms with Crippen LogP contribution >= 0.6 is 15.9 Å². The Kier molecular flexibility index (Phi) is 5.09. The van der Waals surface area contributed by atoms with E-state index < -0.39 is 0 Å². The Bertz CT molecular complexity index is 737. The van der Waals surface area contributed by atoms with Crippen molar-refractivity contribution in [2.24, 2.45) is 0 Å². The van der Waals surface area contributed by atoms with Gasteiger partial charge in [0.15, 0.2) is 0 Å². The normalized spacial score (nSPS) is 12.1. The minimum absolute atomic E-state index is 0. The number of halogens is 2. The summed E-state index contributed by atoms with van der Waals surface area (Å²) in [7, 11) is 0. The van der Waals surface area contributed by atoms with E-state index in [1.165, 1.54) is 27.7 Å². The molecule has 1 unspecified atom stereocenters. The van der Waals surface area contributed by atoms with Gasteiger partial charge in [0.1, 0.15) is 6.04 Å². The molecule has 21 heavy (non-hydrogen) atoms. The second-order valence-electron chi connectivity index (χ2n) is 5.23. The first-order valence-corrected chi connectivity index (χ1v) is 7.59. The highest BCUT2D eigenvalue weighted by atomic mass is 79.9. The van der Waals surface area contributed by atoms with Gasteiger partial charge in [-0.3, -0.25) is 0 Å². The van der Waals surface area contributed by atoms with Gasteiger partial charge in [-0.25, -0.2) is 0 Å². The van der Waals surface area contributed by atoms with Crippen LogP contribution in [0.1, 0.15) is 22.9 Å². The van der Waals surface area contributed by atoms with Crippen LogP contribution in [0.5, 0.6) is 0 Å². The summed E-state index contributed by atoms with van der Waals surface area (Å²) in [6.07, 6.45) is 0.951. The number of hydrogen-bond donors (Lipinski definition) is 2. The SMILES string of the molecule is Cc1[nH]c2ccc(Br)cc2c1CC([NH3+])c1ccccc1.[Cl-]. The van der Waals surface area contributed by atoms with E-state index >= 15 is 0 Å². The summed E-state index contributed by atoms with van der Waals surface area (Å²) >= 11 is 3.56. The van der Waals surface area contributed by atoms with Crippen LogP contribution in [0.4, 0.5) is 0 Å². The molecule has 1 heterocycles. The third kappa shape index (κ3) is 3.31. The lowest BCUT2D eigenvalue weighted by Crippen LogP contribution is -3.00. The van der Waals surface area contributed by atoms with E-state index in [1.807, 2.05) is 6.07 Å². The van der Waals surface area contributed by atoms with Crippen LogP contribution in [-0.4, -0.2) is 4.98 Å². The number of aryl methyl sites for hydroxylation is 1. The summed E-state index contributed by atoms with van der Waals surface area (Å²) in [4.78, 5) is 3.46. The van der Waals surface area contributed by atoms with Crippen molar-refractivity contribution in [3.63, 3.8) is 0 Å². The Morgan fingerprint density at radius 1 is 1.14 bits per heavy atom. The van der Waals surface area contributed by atoms with Crippen molar-refractivity contribution in [3.05, 3.63) is 69.8 Å². The van der Waals surface area contributed by atoms with Crippen LogP contribution in [-0.2, 0) is 6.42 Å². The second-order valence-corrected chi connectivity index (χ2v) is 6.15. The fourth-order valence-electron chi connectivity index (χ4n) is 2.71. The van der Waals surface area contributed by atoms with E-state index in [9.17, 15) is 0 Å². The van der Waals surface area contributed by atoms with Crippen molar-refractivity contribution >= 4 is 26.8 Å². The molecule has 0 aliphatic rings. The van der Waals surface area contributed by atoms with Crippen LogP contribution in [0, 0.1) is 6.92 Å². The number of nitrogens with one attached hydrogen (secondary N) is 1. The molecule has 3 rings (SSSR count). The van der Waals surface area contributed by atoms with E-state index in [-0.39, 0.29) is 18.4 Å². The Morgan fingerprint density at radius 3 is 2.57 bits per heavy atom. The van der Waals surface area contributed by atoms with Gasteiger partial charge in [0.05, 0.1) is 0 Å². The van der Waals surface area contributed by atoms with E-state index in [2.05, 4.69) is 76.0 Å². The molecule has 110 valence electrons. The van der Waals surface area contributed by atoms with Crippen molar-refractivity contribution in [2.45, 2.75) is 19.4 Å². The molecular formula is C17H18BrClN2. The third-order valence-electron chi connectivity index (χ3n) is 3.80. The van der Waals surface area contributed by atoms with Gasteiger partial charge in [-0.15, -0.1) is 0 Å². The molecule has 0 bridgehead atoms. The molecule has 1 aromatic heterocycles. The Morgan fingerprint density at radius 2 is 1.86 bits per heavy atom. The van der Waals surface area contributed by atoms with Gasteiger partial charge in [-0.05, 0) is 30.7 Å². The average Bonchev–Trinajstić information content (AvgIpc) is 2.76. The minimum atomic E-state index is 0. The topological polar surface area (TPSA) is 43.4 Å². The predicted molar refractivity (Wildman–Crippen MR) is 86.5 cm³/mol. The molecule has 0 saturated carbocycles. The van der Waals surface area contributed by atoms with Gasteiger partial charge in [0.2, 0.25) is 0 Å².